The number of aliphatic hydroxyl groups excluding tert-OH is 2. The van der Waals surface area contributed by atoms with Crippen LogP contribution in [0.5, 0.6) is 0 Å². The number of ether oxygens (including phenoxy) is 1. The Kier molecular flexibility index (Phi) is 3.56. The van der Waals surface area contributed by atoms with E-state index in [2.05, 4.69) is 30.5 Å². The van der Waals surface area contributed by atoms with Crippen LogP contribution in [0, 0.1) is 0 Å². The van der Waals surface area contributed by atoms with Crippen molar-refractivity contribution in [3.05, 3.63) is 24.9 Å². The summed E-state index contributed by atoms with van der Waals surface area (Å²) in [5, 5.41) is 29.3. The number of carbonyl (C=O) groups is 1. The Morgan fingerprint density at radius 1 is 1.32 bits per heavy atom. The number of nitrogens with zero attached hydrogens (tertiary/aromatic N) is 5. The van der Waals surface area contributed by atoms with E-state index in [0.717, 1.165) is 0 Å². The molecule has 0 saturated carbocycles. The average Bonchev–Trinajstić information content (AvgIpc) is 3.30. The van der Waals surface area contributed by atoms with Crippen LogP contribution in [-0.4, -0.2) is 64.1 Å². The summed E-state index contributed by atoms with van der Waals surface area (Å²) in [5.74, 6) is -0.116. The SMILES string of the molecule is Nc1ncnc2c1ncn2[C@@H]1O[C@H](C(=O)Nc2ccn[nH]2)[C@@H](O)[C@H]1O. The third-order valence-electron chi connectivity index (χ3n) is 3.92. The van der Waals surface area contributed by atoms with Crippen LogP contribution in [0.1, 0.15) is 6.23 Å². The molecule has 4 heterocycles. The zero-order valence-electron chi connectivity index (χ0n) is 12.6. The molecule has 3 aromatic rings. The van der Waals surface area contributed by atoms with E-state index >= 15 is 0 Å². The highest BCUT2D eigenvalue weighted by Gasteiger charge is 2.47. The van der Waals surface area contributed by atoms with Gasteiger partial charge in [-0.05, 0) is 0 Å². The molecule has 0 bridgehead atoms. The van der Waals surface area contributed by atoms with Crippen molar-refractivity contribution in [3.63, 3.8) is 0 Å². The Morgan fingerprint density at radius 2 is 2.16 bits per heavy atom. The Balaban J connectivity index is 1.61. The van der Waals surface area contributed by atoms with Gasteiger partial charge in [0.05, 0.1) is 12.5 Å². The zero-order chi connectivity index (χ0) is 17.6. The molecule has 1 aliphatic heterocycles. The van der Waals surface area contributed by atoms with Crippen LogP contribution in [0.15, 0.2) is 24.9 Å². The van der Waals surface area contributed by atoms with Crippen LogP contribution in [0.4, 0.5) is 11.6 Å². The molecule has 130 valence electrons. The molecule has 0 aliphatic carbocycles. The van der Waals surface area contributed by atoms with Gasteiger partial charge in [-0.25, -0.2) is 15.0 Å². The summed E-state index contributed by atoms with van der Waals surface area (Å²) in [6, 6.07) is 1.54. The van der Waals surface area contributed by atoms with Crippen LogP contribution in [0.2, 0.25) is 0 Å². The van der Waals surface area contributed by atoms with Crippen LogP contribution in [-0.2, 0) is 9.53 Å². The minimum Gasteiger partial charge on any atom is -0.387 e. The maximum Gasteiger partial charge on any atom is 0.257 e. The number of rotatable bonds is 3. The van der Waals surface area contributed by atoms with Crippen LogP contribution in [0.3, 0.4) is 0 Å². The van der Waals surface area contributed by atoms with E-state index in [1.807, 2.05) is 0 Å². The Hall–Kier alpha value is -3.09. The number of H-pyrrole nitrogens is 1. The fourth-order valence-corrected chi connectivity index (χ4v) is 2.69. The largest absolute Gasteiger partial charge is 0.387 e. The molecule has 1 saturated heterocycles. The molecular weight excluding hydrogens is 332 g/mol. The van der Waals surface area contributed by atoms with Crippen LogP contribution >= 0.6 is 0 Å². The number of aromatic nitrogens is 6. The topological polar surface area (TPSA) is 177 Å². The lowest BCUT2D eigenvalue weighted by Gasteiger charge is -2.16. The molecule has 0 unspecified atom stereocenters. The second-order valence-corrected chi connectivity index (χ2v) is 5.47. The number of hydrogen-bond donors (Lipinski definition) is 5. The van der Waals surface area contributed by atoms with Crippen molar-refractivity contribution in [3.8, 4) is 0 Å². The smallest absolute Gasteiger partial charge is 0.257 e. The van der Waals surface area contributed by atoms with Crippen LogP contribution < -0.4 is 11.1 Å². The van der Waals surface area contributed by atoms with E-state index in [4.69, 9.17) is 10.5 Å². The predicted molar refractivity (Wildman–Crippen MR) is 82.9 cm³/mol. The van der Waals surface area contributed by atoms with Gasteiger partial charge in [-0.15, -0.1) is 0 Å². The predicted octanol–water partition coefficient (Wildman–Crippen LogP) is -1.61. The summed E-state index contributed by atoms with van der Waals surface area (Å²) in [4.78, 5) is 24.2. The summed E-state index contributed by atoms with van der Waals surface area (Å²) < 4.78 is 6.96. The van der Waals surface area contributed by atoms with Gasteiger partial charge in [0.25, 0.3) is 5.91 Å². The van der Waals surface area contributed by atoms with Crippen LogP contribution in [0.25, 0.3) is 11.2 Å². The highest BCUT2D eigenvalue weighted by molar-refractivity contribution is 5.94. The first-order valence-electron chi connectivity index (χ1n) is 7.31. The number of amides is 1. The summed E-state index contributed by atoms with van der Waals surface area (Å²) in [6.45, 7) is 0. The van der Waals surface area contributed by atoms with Gasteiger partial charge in [-0.1, -0.05) is 0 Å². The van der Waals surface area contributed by atoms with Crippen molar-refractivity contribution in [1.29, 1.82) is 0 Å². The summed E-state index contributed by atoms with van der Waals surface area (Å²) in [6.07, 6.45) is -1.11. The lowest BCUT2D eigenvalue weighted by Crippen LogP contribution is -2.39. The fraction of sp³-hybridized carbons (Fsp3) is 0.308. The molecule has 0 aromatic carbocycles. The first-order valence-corrected chi connectivity index (χ1v) is 7.31. The number of aromatic amines is 1. The molecule has 1 aliphatic rings. The number of fused-ring (bicyclic) bond motifs is 1. The molecule has 1 amide bonds. The fourth-order valence-electron chi connectivity index (χ4n) is 2.69. The number of nitrogens with one attached hydrogen (secondary N) is 2. The Morgan fingerprint density at radius 3 is 2.92 bits per heavy atom. The van der Waals surface area contributed by atoms with Crippen molar-refractivity contribution in [2.45, 2.75) is 24.5 Å². The minimum atomic E-state index is -1.44. The third-order valence-corrected chi connectivity index (χ3v) is 3.92. The first kappa shape index (κ1) is 15.4. The van der Waals surface area contributed by atoms with Crippen molar-refractivity contribution in [2.75, 3.05) is 11.1 Å². The van der Waals surface area contributed by atoms with Crippen molar-refractivity contribution >= 4 is 28.7 Å². The molecule has 3 aromatic heterocycles. The second kappa shape index (κ2) is 5.77. The van der Waals surface area contributed by atoms with E-state index in [-0.39, 0.29) is 5.82 Å². The number of imidazole rings is 1. The van der Waals surface area contributed by atoms with E-state index in [1.165, 1.54) is 29.5 Å². The molecule has 6 N–H and O–H groups in total. The number of hydrogen-bond acceptors (Lipinski definition) is 9. The lowest BCUT2D eigenvalue weighted by atomic mass is 10.1. The number of nitrogens with two attached hydrogens (primary N) is 1. The first-order chi connectivity index (χ1) is 12.1. The zero-order valence-corrected chi connectivity index (χ0v) is 12.6. The molecule has 12 heteroatoms. The summed E-state index contributed by atoms with van der Waals surface area (Å²) in [7, 11) is 0. The average molecular weight is 346 g/mol. The molecule has 4 rings (SSSR count). The monoisotopic (exact) mass is 346 g/mol. The Bertz CT molecular complexity index is 910. The third kappa shape index (κ3) is 2.48. The van der Waals surface area contributed by atoms with Crippen molar-refractivity contribution in [1.82, 2.24) is 29.7 Å². The quantitative estimate of drug-likeness (QED) is 0.373. The van der Waals surface area contributed by atoms with Gasteiger partial charge < -0.3 is 26.0 Å². The number of carbonyl (C=O) groups excluding carboxylic acids is 1. The Labute approximate surface area is 139 Å². The highest BCUT2D eigenvalue weighted by Crippen LogP contribution is 2.32. The maximum absolute atomic E-state index is 12.3. The second-order valence-electron chi connectivity index (χ2n) is 5.47. The van der Waals surface area contributed by atoms with Gasteiger partial charge in [-0.3, -0.25) is 14.5 Å². The molecule has 1 fully saturated rings. The van der Waals surface area contributed by atoms with Gasteiger partial charge in [0.15, 0.2) is 23.8 Å². The van der Waals surface area contributed by atoms with Gasteiger partial charge in [0.1, 0.15) is 29.9 Å². The van der Waals surface area contributed by atoms with Gasteiger partial charge >= 0.3 is 0 Å². The molecule has 4 atom stereocenters. The number of nitrogen functional groups attached to an aromatic ring is 1. The molecule has 0 spiro atoms. The van der Waals surface area contributed by atoms with E-state index in [9.17, 15) is 15.0 Å². The standard InChI is InChI=1S/C13H14N8O4/c14-10-6-11(16-3-15-10)21(4-17-6)13-8(23)7(22)9(25-13)12(24)19-5-1-2-18-20-5/h1-4,7-9,13,22-23H,(H2,14,15,16)(H2,18,19,20,24)/t7-,8+,9-,13+/m0/s1. The maximum atomic E-state index is 12.3. The molecule has 0 radical (unpaired) electrons. The summed E-state index contributed by atoms with van der Waals surface area (Å²) >= 11 is 0. The highest BCUT2D eigenvalue weighted by atomic mass is 16.6. The van der Waals surface area contributed by atoms with E-state index in [1.54, 1.807) is 0 Å². The molecular formula is C13H14N8O4. The number of anilines is 2. The number of aliphatic hydroxyl groups is 2. The normalized spacial score (nSPS) is 26.2. The van der Waals surface area contributed by atoms with Crippen molar-refractivity contribution in [2.24, 2.45) is 0 Å². The van der Waals surface area contributed by atoms with Gasteiger partial charge in [0.2, 0.25) is 0 Å². The lowest BCUT2D eigenvalue weighted by molar-refractivity contribution is -0.132. The van der Waals surface area contributed by atoms with Crippen molar-refractivity contribution < 1.29 is 19.7 Å². The van der Waals surface area contributed by atoms with E-state index in [0.29, 0.717) is 17.0 Å². The van der Waals surface area contributed by atoms with E-state index < -0.39 is 30.4 Å². The van der Waals surface area contributed by atoms with Gasteiger partial charge in [-0.2, -0.15) is 5.10 Å². The molecule has 25 heavy (non-hydrogen) atoms. The summed E-state index contributed by atoms with van der Waals surface area (Å²) in [5.41, 5.74) is 6.38. The van der Waals surface area contributed by atoms with Gasteiger partial charge in [0, 0.05) is 6.07 Å². The molecule has 12 nitrogen and oxygen atoms in total. The minimum absolute atomic E-state index is 0.172.